The van der Waals surface area contributed by atoms with Gasteiger partial charge in [-0.2, -0.15) is 0 Å². The molecule has 13 heavy (non-hydrogen) atoms. The lowest BCUT2D eigenvalue weighted by Gasteiger charge is -1.72. The van der Waals surface area contributed by atoms with Gasteiger partial charge < -0.3 is 0 Å². The Balaban J connectivity index is 0. The van der Waals surface area contributed by atoms with Gasteiger partial charge in [0.1, 0.15) is 0 Å². The third-order valence-electron chi connectivity index (χ3n) is 0.961. The van der Waals surface area contributed by atoms with Gasteiger partial charge in [-0.05, 0) is 6.42 Å². The molecule has 0 amide bonds. The van der Waals surface area contributed by atoms with Crippen LogP contribution in [0, 0.1) is 0 Å². The van der Waals surface area contributed by atoms with Crippen molar-refractivity contribution in [3.63, 3.8) is 0 Å². The Bertz CT molecular complexity index is 118. The zero-order valence-electron chi connectivity index (χ0n) is 9.75. The predicted octanol–water partition coefficient (Wildman–Crippen LogP) is 3.36. The molecule has 0 spiro atoms. The van der Waals surface area contributed by atoms with Gasteiger partial charge in [-0.1, -0.05) is 41.0 Å². The lowest BCUT2D eigenvalue weighted by molar-refractivity contribution is 0.928. The Labute approximate surface area is 83.2 Å². The lowest BCUT2D eigenvalue weighted by Crippen LogP contribution is -1.77. The van der Waals surface area contributed by atoms with Crippen LogP contribution in [-0.2, 0) is 0 Å². The van der Waals surface area contributed by atoms with E-state index in [-0.39, 0.29) is 0 Å². The van der Waals surface area contributed by atoms with Gasteiger partial charge in [-0.25, -0.2) is 0 Å². The second-order valence-corrected chi connectivity index (χ2v) is 2.53. The second-order valence-electron chi connectivity index (χ2n) is 2.53. The van der Waals surface area contributed by atoms with Gasteiger partial charge in [0.15, 0.2) is 0 Å². The molecule has 0 saturated heterocycles. The van der Waals surface area contributed by atoms with Crippen molar-refractivity contribution < 1.29 is 0 Å². The second kappa shape index (κ2) is 13.9. The molecule has 0 aliphatic carbocycles. The minimum atomic E-state index is 0.634. The number of nitrogens with zero attached hydrogens (tertiary/aromatic N) is 2. The lowest BCUT2D eigenvalue weighted by atomic mass is 10.4. The number of rotatable bonds is 1. The summed E-state index contributed by atoms with van der Waals surface area (Å²) >= 11 is 0. The average molecular weight is 184 g/mol. The summed E-state index contributed by atoms with van der Waals surface area (Å²) in [6.45, 7) is 11.4. The Morgan fingerprint density at radius 3 is 1.54 bits per heavy atom. The fourth-order valence-corrected chi connectivity index (χ4v) is 0.272. The van der Waals surface area contributed by atoms with Crippen molar-refractivity contribution in [1.82, 2.24) is 0 Å². The summed E-state index contributed by atoms with van der Waals surface area (Å²) in [5.74, 6) is 0. The minimum absolute atomic E-state index is 0.634. The van der Waals surface area contributed by atoms with Gasteiger partial charge in [0, 0.05) is 12.4 Å². The number of hydrogen-bond donors (Lipinski definition) is 0. The maximum atomic E-state index is 3.90. The van der Waals surface area contributed by atoms with E-state index in [1.54, 1.807) is 0 Å². The van der Waals surface area contributed by atoms with E-state index in [4.69, 9.17) is 0 Å². The van der Waals surface area contributed by atoms with Crippen LogP contribution in [0.1, 0.15) is 47.5 Å². The Hall–Kier alpha value is -0.660. The van der Waals surface area contributed by atoms with Crippen molar-refractivity contribution in [3.8, 4) is 0 Å². The fraction of sp³-hybridized carbons (Fsp3) is 0.818. The maximum Gasteiger partial charge on any atom is 0.0840 e. The molecule has 78 valence electrons. The summed E-state index contributed by atoms with van der Waals surface area (Å²) in [6, 6.07) is 0.634. The first-order valence-corrected chi connectivity index (χ1v) is 5.36. The van der Waals surface area contributed by atoms with E-state index in [0.717, 1.165) is 6.54 Å². The molecule has 0 aromatic rings. The van der Waals surface area contributed by atoms with Crippen LogP contribution in [0.2, 0.25) is 0 Å². The Morgan fingerprint density at radius 2 is 1.54 bits per heavy atom. The summed E-state index contributed by atoms with van der Waals surface area (Å²) in [5, 5.41) is 0. The van der Waals surface area contributed by atoms with Crippen LogP contribution in [0.3, 0.4) is 0 Å². The molecule has 2 heteroatoms. The average Bonchev–Trinajstić information content (AvgIpc) is 3.01. The summed E-state index contributed by atoms with van der Waals surface area (Å²) in [7, 11) is 0. The highest BCUT2D eigenvalue weighted by molar-refractivity contribution is 5.77. The molecule has 1 unspecified atom stereocenters. The molecule has 2 nitrogen and oxygen atoms in total. The van der Waals surface area contributed by atoms with Crippen molar-refractivity contribution in [2.24, 2.45) is 9.98 Å². The molecule has 0 bridgehead atoms. The smallest absolute Gasteiger partial charge is 0.0840 e. The molecule has 1 atom stereocenters. The third kappa shape index (κ3) is 34.7. The molecule has 0 radical (unpaired) electrons. The van der Waals surface area contributed by atoms with E-state index in [1.165, 1.54) is 12.8 Å². The molecule has 0 aromatic carbocycles. The molecular weight excluding hydrogens is 160 g/mol. The molecule has 2 aliphatic rings. The van der Waals surface area contributed by atoms with E-state index in [0.29, 0.717) is 6.04 Å². The van der Waals surface area contributed by atoms with Gasteiger partial charge in [0.25, 0.3) is 0 Å². The zero-order chi connectivity index (χ0) is 10.5. The van der Waals surface area contributed by atoms with Gasteiger partial charge in [-0.3, -0.25) is 9.98 Å². The standard InChI is InChI=1S/C4H7N.C3H8.C2H3N.C2H6/c1-2-4-3-5-4;1-3-2;1-2-3-1;1-2/h3-4H,2H2,1H3;3H2,1-2H3;1H,2H2;1-2H3. The molecular formula is C11H24N2. The number of hydrogen-bond acceptors (Lipinski definition) is 2. The van der Waals surface area contributed by atoms with Gasteiger partial charge >= 0.3 is 0 Å². The molecule has 0 saturated carbocycles. The highest BCUT2D eigenvalue weighted by atomic mass is 14.9. The molecule has 0 N–H and O–H groups in total. The monoisotopic (exact) mass is 184 g/mol. The van der Waals surface area contributed by atoms with Crippen LogP contribution >= 0.6 is 0 Å². The largest absolute Gasteiger partial charge is 0.290 e. The van der Waals surface area contributed by atoms with Crippen LogP contribution in [0.15, 0.2) is 9.98 Å². The quantitative estimate of drug-likeness (QED) is 0.597. The summed E-state index contributed by atoms with van der Waals surface area (Å²) in [6.07, 6.45) is 6.29. The van der Waals surface area contributed by atoms with Crippen molar-refractivity contribution in [2.75, 3.05) is 6.54 Å². The van der Waals surface area contributed by atoms with E-state index >= 15 is 0 Å². The Kier molecular flexibility index (Phi) is 15.9. The summed E-state index contributed by atoms with van der Waals surface area (Å²) in [4.78, 5) is 7.52. The van der Waals surface area contributed by atoms with E-state index in [9.17, 15) is 0 Å². The summed E-state index contributed by atoms with van der Waals surface area (Å²) < 4.78 is 0. The molecule has 0 aromatic heterocycles. The molecule has 0 fully saturated rings. The summed E-state index contributed by atoms with van der Waals surface area (Å²) in [5.41, 5.74) is 0. The van der Waals surface area contributed by atoms with E-state index in [1.807, 2.05) is 26.3 Å². The predicted molar refractivity (Wildman–Crippen MR) is 63.2 cm³/mol. The van der Waals surface area contributed by atoms with Gasteiger partial charge in [0.2, 0.25) is 0 Å². The highest BCUT2D eigenvalue weighted by Gasteiger charge is 2.06. The zero-order valence-corrected chi connectivity index (χ0v) is 9.75. The molecule has 2 aliphatic heterocycles. The maximum absolute atomic E-state index is 3.90. The van der Waals surface area contributed by atoms with Crippen LogP contribution in [-0.4, -0.2) is 25.0 Å². The van der Waals surface area contributed by atoms with Crippen molar-refractivity contribution in [3.05, 3.63) is 0 Å². The molecule has 2 heterocycles. The van der Waals surface area contributed by atoms with Crippen LogP contribution in [0.4, 0.5) is 0 Å². The van der Waals surface area contributed by atoms with Crippen LogP contribution < -0.4 is 0 Å². The van der Waals surface area contributed by atoms with Crippen LogP contribution in [0.25, 0.3) is 0 Å². The number of aliphatic imine (C=N–C) groups is 2. The van der Waals surface area contributed by atoms with E-state index < -0.39 is 0 Å². The fourth-order valence-electron chi connectivity index (χ4n) is 0.272. The first kappa shape index (κ1) is 14.8. The SMILES string of the molecule is C1=NC1.CC.CCC.CCC1C=N1. The minimum Gasteiger partial charge on any atom is -0.290 e. The van der Waals surface area contributed by atoms with Gasteiger partial charge in [0.05, 0.1) is 12.6 Å². The first-order valence-electron chi connectivity index (χ1n) is 5.36. The van der Waals surface area contributed by atoms with Crippen molar-refractivity contribution in [2.45, 2.75) is 53.5 Å². The van der Waals surface area contributed by atoms with Crippen molar-refractivity contribution in [1.29, 1.82) is 0 Å². The first-order chi connectivity index (χ1) is 6.35. The van der Waals surface area contributed by atoms with Crippen molar-refractivity contribution >= 4 is 12.4 Å². The highest BCUT2D eigenvalue weighted by Crippen LogP contribution is 2.03. The third-order valence-corrected chi connectivity index (χ3v) is 0.961. The van der Waals surface area contributed by atoms with Gasteiger partial charge in [-0.15, -0.1) is 0 Å². The Morgan fingerprint density at radius 1 is 1.23 bits per heavy atom. The normalized spacial score (nSPS) is 18.1. The van der Waals surface area contributed by atoms with E-state index in [2.05, 4.69) is 30.8 Å². The molecule has 2 rings (SSSR count). The van der Waals surface area contributed by atoms with Crippen LogP contribution in [0.5, 0.6) is 0 Å². The topological polar surface area (TPSA) is 24.7 Å².